The number of para-hydroxylation sites is 1. The van der Waals surface area contributed by atoms with E-state index in [1.807, 2.05) is 30.3 Å². The number of hydrogen-bond donors (Lipinski definition) is 1. The Labute approximate surface area is 193 Å². The number of ether oxygens (including phenoxy) is 1. The molecule has 0 amide bonds. The first kappa shape index (κ1) is 21.1. The molecule has 168 valence electrons. The molecular weight excluding hydrogens is 434 g/mol. The summed E-state index contributed by atoms with van der Waals surface area (Å²) in [6.45, 7) is 1.96. The van der Waals surface area contributed by atoms with Crippen molar-refractivity contribution in [3.05, 3.63) is 106 Å². The standard InChI is InChI=1S/C25H19N5O4/c1-16-26-23-8-3-2-7-22(23)24(31)30(16)20-5-4-6-21(13-20)34-15-18-14-29(28-27-18)19-11-9-17(10-12-19)25(32)33/h2-14H,15H2,1H3,(H,32,33). The van der Waals surface area contributed by atoms with E-state index in [1.54, 1.807) is 52.7 Å². The van der Waals surface area contributed by atoms with Gasteiger partial charge in [-0.25, -0.2) is 14.5 Å². The van der Waals surface area contributed by atoms with Crippen LogP contribution in [0.3, 0.4) is 0 Å². The molecule has 0 radical (unpaired) electrons. The van der Waals surface area contributed by atoms with E-state index >= 15 is 0 Å². The second-order valence-electron chi connectivity index (χ2n) is 7.61. The Kier molecular flexibility index (Phi) is 5.35. The van der Waals surface area contributed by atoms with Gasteiger partial charge < -0.3 is 9.84 Å². The number of carboxylic acid groups (broad SMARTS) is 1. The van der Waals surface area contributed by atoms with E-state index < -0.39 is 5.97 Å². The minimum atomic E-state index is -0.988. The van der Waals surface area contributed by atoms with Crippen LogP contribution in [0.2, 0.25) is 0 Å². The molecule has 5 aromatic rings. The molecule has 0 fully saturated rings. The number of rotatable bonds is 6. The number of aromatic carboxylic acids is 1. The fourth-order valence-corrected chi connectivity index (χ4v) is 3.66. The topological polar surface area (TPSA) is 112 Å². The first-order chi connectivity index (χ1) is 16.5. The van der Waals surface area contributed by atoms with Gasteiger partial charge in [0.2, 0.25) is 0 Å². The molecule has 34 heavy (non-hydrogen) atoms. The summed E-state index contributed by atoms with van der Waals surface area (Å²) in [5.41, 5.74) is 2.65. The van der Waals surface area contributed by atoms with E-state index in [-0.39, 0.29) is 17.7 Å². The molecule has 3 aromatic carbocycles. The maximum Gasteiger partial charge on any atom is 0.335 e. The van der Waals surface area contributed by atoms with Gasteiger partial charge in [0.25, 0.3) is 5.56 Å². The molecule has 0 saturated heterocycles. The molecule has 5 rings (SSSR count). The lowest BCUT2D eigenvalue weighted by Crippen LogP contribution is -2.22. The summed E-state index contributed by atoms with van der Waals surface area (Å²) in [6, 6.07) is 20.8. The van der Waals surface area contributed by atoms with Crippen molar-refractivity contribution in [3.63, 3.8) is 0 Å². The third kappa shape index (κ3) is 4.02. The van der Waals surface area contributed by atoms with Gasteiger partial charge >= 0.3 is 5.97 Å². The number of benzene rings is 3. The van der Waals surface area contributed by atoms with Crippen LogP contribution in [0.5, 0.6) is 5.75 Å². The molecule has 0 bridgehead atoms. The van der Waals surface area contributed by atoms with E-state index in [2.05, 4.69) is 15.3 Å². The van der Waals surface area contributed by atoms with Gasteiger partial charge in [-0.2, -0.15) is 0 Å². The third-order valence-electron chi connectivity index (χ3n) is 5.33. The largest absolute Gasteiger partial charge is 0.487 e. The number of aromatic nitrogens is 5. The highest BCUT2D eigenvalue weighted by Gasteiger charge is 2.11. The summed E-state index contributed by atoms with van der Waals surface area (Å²) in [7, 11) is 0. The second-order valence-corrected chi connectivity index (χ2v) is 7.61. The molecule has 1 N–H and O–H groups in total. The second kappa shape index (κ2) is 8.62. The number of aryl methyl sites for hydroxylation is 1. The highest BCUT2D eigenvalue weighted by molar-refractivity contribution is 5.87. The van der Waals surface area contributed by atoms with Gasteiger partial charge in [0.15, 0.2) is 0 Å². The van der Waals surface area contributed by atoms with Crippen LogP contribution in [0.1, 0.15) is 21.9 Å². The van der Waals surface area contributed by atoms with Crippen LogP contribution in [-0.2, 0) is 6.61 Å². The maximum atomic E-state index is 13.1. The quantitative estimate of drug-likeness (QED) is 0.418. The zero-order chi connectivity index (χ0) is 23.7. The molecule has 9 heteroatoms. The lowest BCUT2D eigenvalue weighted by atomic mass is 10.2. The molecule has 0 aliphatic heterocycles. The predicted molar refractivity (Wildman–Crippen MR) is 125 cm³/mol. The van der Waals surface area contributed by atoms with Crippen LogP contribution < -0.4 is 10.3 Å². The Balaban J connectivity index is 1.35. The molecule has 2 aromatic heterocycles. The summed E-state index contributed by atoms with van der Waals surface area (Å²) in [5.74, 6) is 0.161. The van der Waals surface area contributed by atoms with Crippen molar-refractivity contribution in [1.82, 2.24) is 24.5 Å². The normalized spacial score (nSPS) is 11.0. The van der Waals surface area contributed by atoms with Crippen LogP contribution in [0, 0.1) is 6.92 Å². The SMILES string of the molecule is Cc1nc2ccccc2c(=O)n1-c1cccc(OCc2cn(-c3ccc(C(=O)O)cc3)nn2)c1. The minimum absolute atomic E-state index is 0.142. The fourth-order valence-electron chi connectivity index (χ4n) is 3.66. The summed E-state index contributed by atoms with van der Waals surface area (Å²) in [6.07, 6.45) is 1.71. The average molecular weight is 453 g/mol. The van der Waals surface area contributed by atoms with Crippen molar-refractivity contribution in [2.75, 3.05) is 0 Å². The lowest BCUT2D eigenvalue weighted by molar-refractivity contribution is 0.0697. The molecule has 0 saturated carbocycles. The number of fused-ring (bicyclic) bond motifs is 1. The Hall–Kier alpha value is -4.79. The van der Waals surface area contributed by atoms with Crippen LogP contribution in [0.4, 0.5) is 0 Å². The molecule has 2 heterocycles. The van der Waals surface area contributed by atoms with Gasteiger partial charge in [-0.15, -0.1) is 5.10 Å². The first-order valence-electron chi connectivity index (χ1n) is 10.5. The maximum absolute atomic E-state index is 13.1. The highest BCUT2D eigenvalue weighted by Crippen LogP contribution is 2.19. The van der Waals surface area contributed by atoms with E-state index in [0.717, 1.165) is 0 Å². The number of nitrogens with zero attached hydrogens (tertiary/aromatic N) is 5. The smallest absolute Gasteiger partial charge is 0.335 e. The van der Waals surface area contributed by atoms with Crippen molar-refractivity contribution in [2.45, 2.75) is 13.5 Å². The van der Waals surface area contributed by atoms with Crippen molar-refractivity contribution in [2.24, 2.45) is 0 Å². The zero-order valence-corrected chi connectivity index (χ0v) is 18.1. The van der Waals surface area contributed by atoms with Crippen LogP contribution >= 0.6 is 0 Å². The van der Waals surface area contributed by atoms with Crippen LogP contribution in [0.15, 0.2) is 83.8 Å². The van der Waals surface area contributed by atoms with Crippen LogP contribution in [0.25, 0.3) is 22.3 Å². The van der Waals surface area contributed by atoms with Crippen molar-refractivity contribution >= 4 is 16.9 Å². The average Bonchev–Trinajstić information content (AvgIpc) is 3.32. The summed E-state index contributed by atoms with van der Waals surface area (Å²) in [4.78, 5) is 28.6. The van der Waals surface area contributed by atoms with Gasteiger partial charge in [0.1, 0.15) is 23.9 Å². The van der Waals surface area contributed by atoms with E-state index in [9.17, 15) is 9.59 Å². The minimum Gasteiger partial charge on any atom is -0.487 e. The zero-order valence-electron chi connectivity index (χ0n) is 18.1. The first-order valence-corrected chi connectivity index (χ1v) is 10.5. The number of carboxylic acids is 1. The van der Waals surface area contributed by atoms with Gasteiger partial charge in [-0.3, -0.25) is 9.36 Å². The number of carbonyl (C=O) groups is 1. The van der Waals surface area contributed by atoms with Gasteiger partial charge in [0.05, 0.1) is 34.0 Å². The predicted octanol–water partition coefficient (Wildman–Crippen LogP) is 3.55. The molecule has 9 nitrogen and oxygen atoms in total. The Morgan fingerprint density at radius 3 is 2.59 bits per heavy atom. The molecule has 0 atom stereocenters. The summed E-state index contributed by atoms with van der Waals surface area (Å²) < 4.78 is 9.00. The number of hydrogen-bond acceptors (Lipinski definition) is 6. The monoisotopic (exact) mass is 453 g/mol. The molecule has 0 unspecified atom stereocenters. The van der Waals surface area contributed by atoms with Gasteiger partial charge in [-0.05, 0) is 55.5 Å². The van der Waals surface area contributed by atoms with Crippen molar-refractivity contribution < 1.29 is 14.6 Å². The molecule has 0 spiro atoms. The molecule has 0 aliphatic carbocycles. The lowest BCUT2D eigenvalue weighted by Gasteiger charge is -2.12. The molecular formula is C25H19N5O4. The van der Waals surface area contributed by atoms with Crippen LogP contribution in [-0.4, -0.2) is 35.6 Å². The van der Waals surface area contributed by atoms with Crippen molar-refractivity contribution in [1.29, 1.82) is 0 Å². The third-order valence-corrected chi connectivity index (χ3v) is 5.33. The van der Waals surface area contributed by atoms with E-state index in [0.29, 0.717) is 39.5 Å². The van der Waals surface area contributed by atoms with Gasteiger partial charge in [0, 0.05) is 6.07 Å². The van der Waals surface area contributed by atoms with E-state index in [1.165, 1.54) is 12.1 Å². The Bertz CT molecular complexity index is 1570. The summed E-state index contributed by atoms with van der Waals surface area (Å²) in [5, 5.41) is 17.8. The summed E-state index contributed by atoms with van der Waals surface area (Å²) >= 11 is 0. The Morgan fingerprint density at radius 2 is 1.79 bits per heavy atom. The van der Waals surface area contributed by atoms with E-state index in [4.69, 9.17) is 9.84 Å². The fraction of sp³-hybridized carbons (Fsp3) is 0.0800. The molecule has 0 aliphatic rings. The Morgan fingerprint density at radius 1 is 1.00 bits per heavy atom. The highest BCUT2D eigenvalue weighted by atomic mass is 16.5. The van der Waals surface area contributed by atoms with Crippen molar-refractivity contribution in [3.8, 4) is 17.1 Å². The van der Waals surface area contributed by atoms with Gasteiger partial charge in [-0.1, -0.05) is 23.4 Å².